The molecule has 64 heavy (non-hydrogen) atoms. The number of aromatic amines is 1. The van der Waals surface area contributed by atoms with Crippen molar-refractivity contribution in [1.82, 2.24) is 30.0 Å². The van der Waals surface area contributed by atoms with E-state index < -0.39 is 28.8 Å². The fourth-order valence-electron chi connectivity index (χ4n) is 8.35. The summed E-state index contributed by atoms with van der Waals surface area (Å²) >= 11 is 3.63. The number of nitrogens with one attached hydrogen (secondary N) is 3. The summed E-state index contributed by atoms with van der Waals surface area (Å²) < 4.78 is 12.2. The predicted octanol–water partition coefficient (Wildman–Crippen LogP) is 8.78. The molecule has 3 aromatic carbocycles. The van der Waals surface area contributed by atoms with Crippen LogP contribution in [0.2, 0.25) is 0 Å². The zero-order chi connectivity index (χ0) is 46.2. The number of ketones is 2. The van der Waals surface area contributed by atoms with Gasteiger partial charge in [-0.15, -0.1) is 0 Å². The molecule has 0 saturated heterocycles. The second-order valence-corrected chi connectivity index (χ2v) is 18.5. The van der Waals surface area contributed by atoms with Gasteiger partial charge < -0.3 is 25.0 Å². The van der Waals surface area contributed by atoms with Crippen molar-refractivity contribution in [2.24, 2.45) is 27.7 Å². The second-order valence-electron chi connectivity index (χ2n) is 17.8. The van der Waals surface area contributed by atoms with E-state index in [9.17, 15) is 19.2 Å². The number of aromatic nitrogens is 4. The van der Waals surface area contributed by atoms with Crippen LogP contribution in [-0.2, 0) is 25.7 Å². The molecule has 3 atom stereocenters. The van der Waals surface area contributed by atoms with Gasteiger partial charge in [-0.3, -0.25) is 39.3 Å². The largest absolute Gasteiger partial charge is 0.497 e. The maximum Gasteiger partial charge on any atom is 0.322 e. The number of methoxy groups -OCH3 is 1. The number of anilines is 2. The molecular weight excluding hydrogens is 878 g/mol. The van der Waals surface area contributed by atoms with Gasteiger partial charge in [0.25, 0.3) is 0 Å². The van der Waals surface area contributed by atoms with Crippen LogP contribution in [0.4, 0.5) is 16.2 Å². The minimum absolute atomic E-state index is 0.0608. The van der Waals surface area contributed by atoms with E-state index in [4.69, 9.17) is 9.47 Å². The molecule has 0 radical (unpaired) electrons. The Balaban J connectivity index is 1.02. The van der Waals surface area contributed by atoms with Crippen molar-refractivity contribution in [2.45, 2.75) is 74.0 Å². The van der Waals surface area contributed by atoms with E-state index in [0.717, 1.165) is 26.7 Å². The number of ether oxygens (including phenoxy) is 2. The number of hydrogen-bond acceptors (Lipinski definition) is 11. The molecule has 0 saturated carbocycles. The number of hydrogen-bond donors (Lipinski definition) is 3. The first-order valence-corrected chi connectivity index (χ1v) is 22.2. The molecule has 2 aromatic heterocycles. The molecule has 0 aliphatic carbocycles. The first-order chi connectivity index (χ1) is 30.5. The number of carbonyl (C=O) groups is 4. The first-order valence-electron chi connectivity index (χ1n) is 21.4. The lowest BCUT2D eigenvalue weighted by Crippen LogP contribution is -2.43. The summed E-state index contributed by atoms with van der Waals surface area (Å²) in [7, 11) is 1.59. The molecule has 3 amide bonds. The maximum atomic E-state index is 14.2. The van der Waals surface area contributed by atoms with Crippen LogP contribution in [0.3, 0.4) is 0 Å². The zero-order valence-electron chi connectivity index (χ0n) is 37.8. The van der Waals surface area contributed by atoms with Crippen molar-refractivity contribution >= 4 is 67.8 Å². The number of fused-ring (bicyclic) bond motifs is 1. The van der Waals surface area contributed by atoms with Gasteiger partial charge in [0.05, 0.1) is 42.1 Å². The molecule has 3 N–H and O–H groups in total. The first kappa shape index (κ1) is 47.5. The van der Waals surface area contributed by atoms with Crippen LogP contribution in [0.1, 0.15) is 66.9 Å². The SMILES string of the molecule is COc1cccc(CN(CCOC(C)C(=O)C(C)C(C)C(=O)C(C)(C)CC(C)(C)CC(=O)N2CCN=C2Nc2ccc3nccnc3c2Br)C(=O)Nc2ccc(-c3cn[nH]c3)cc2)c1. The smallest absolute Gasteiger partial charge is 0.322 e. The van der Waals surface area contributed by atoms with E-state index in [1.165, 1.54) is 0 Å². The van der Waals surface area contributed by atoms with Crippen molar-refractivity contribution in [1.29, 1.82) is 0 Å². The third kappa shape index (κ3) is 11.8. The van der Waals surface area contributed by atoms with Crippen LogP contribution in [0, 0.1) is 22.7 Å². The fourth-order valence-corrected chi connectivity index (χ4v) is 8.89. The minimum atomic E-state index is -0.841. The summed E-state index contributed by atoms with van der Waals surface area (Å²) in [4.78, 5) is 72.1. The Morgan fingerprint density at radius 2 is 1.70 bits per heavy atom. The number of halogens is 1. The molecule has 1 aliphatic rings. The lowest BCUT2D eigenvalue weighted by Gasteiger charge is -2.37. The number of aliphatic imine (C=N–C) groups is 1. The molecule has 0 fully saturated rings. The normalized spacial score (nSPS) is 14.4. The molecule has 0 spiro atoms. The Bertz CT molecular complexity index is 2470. The standard InChI is InChI=1S/C48H58BrN9O6/c1-30(31(2)44(61)48(6,7)29-47(4,5)25-40(59)58-21-20-52-45(58)56-38-16-17-39-42(41(38)49)51-19-18-50-39)43(60)32(3)64-23-22-57(28-33-10-9-11-37(24-33)63-8)46(62)55-36-14-12-34(13-15-36)35-26-53-54-27-35/h9-19,24,26-27,30-32H,20-23,25,28-29H2,1-8H3,(H,52,56)(H,53,54)(H,55,62). The zero-order valence-corrected chi connectivity index (χ0v) is 39.4. The summed E-state index contributed by atoms with van der Waals surface area (Å²) in [6, 6.07) is 18.3. The van der Waals surface area contributed by atoms with Gasteiger partial charge in [-0.05, 0) is 82.2 Å². The topological polar surface area (TPSA) is 184 Å². The van der Waals surface area contributed by atoms with Gasteiger partial charge in [-0.1, -0.05) is 65.8 Å². The van der Waals surface area contributed by atoms with Crippen molar-refractivity contribution in [3.05, 3.63) is 95.5 Å². The van der Waals surface area contributed by atoms with Crippen molar-refractivity contribution in [3.8, 4) is 16.9 Å². The van der Waals surface area contributed by atoms with E-state index >= 15 is 0 Å². The number of carbonyl (C=O) groups excluding carboxylic acids is 4. The van der Waals surface area contributed by atoms with Gasteiger partial charge in [0.15, 0.2) is 5.78 Å². The van der Waals surface area contributed by atoms with E-state index in [0.29, 0.717) is 48.1 Å². The van der Waals surface area contributed by atoms with Crippen LogP contribution in [0.25, 0.3) is 22.2 Å². The average molecular weight is 937 g/mol. The molecule has 5 aromatic rings. The number of H-pyrrole nitrogens is 1. The van der Waals surface area contributed by atoms with Crippen LogP contribution in [-0.4, -0.2) is 98.9 Å². The summed E-state index contributed by atoms with van der Waals surface area (Å²) in [6.07, 6.45) is 6.57. The summed E-state index contributed by atoms with van der Waals surface area (Å²) in [5.41, 5.74) is 4.12. The lowest BCUT2D eigenvalue weighted by molar-refractivity contribution is -0.142. The summed E-state index contributed by atoms with van der Waals surface area (Å²) in [5, 5.41) is 13.1. The van der Waals surface area contributed by atoms with E-state index in [1.54, 1.807) is 62.5 Å². The summed E-state index contributed by atoms with van der Waals surface area (Å²) in [5.74, 6) is -0.484. The van der Waals surface area contributed by atoms with Crippen LogP contribution in [0.15, 0.2) is 94.9 Å². The maximum absolute atomic E-state index is 14.2. The monoisotopic (exact) mass is 935 g/mol. The van der Waals surface area contributed by atoms with Gasteiger partial charge in [-0.2, -0.15) is 5.10 Å². The molecule has 1 aliphatic heterocycles. The molecule has 16 heteroatoms. The van der Waals surface area contributed by atoms with Crippen LogP contribution >= 0.6 is 15.9 Å². The Kier molecular flexibility index (Phi) is 15.3. The Labute approximate surface area is 382 Å². The average Bonchev–Trinajstić information content (AvgIpc) is 3.99. The van der Waals surface area contributed by atoms with Gasteiger partial charge in [-0.25, -0.2) is 4.79 Å². The molecule has 3 unspecified atom stereocenters. The van der Waals surface area contributed by atoms with Crippen molar-refractivity contribution in [2.75, 3.05) is 44.0 Å². The highest BCUT2D eigenvalue weighted by Crippen LogP contribution is 2.40. The van der Waals surface area contributed by atoms with Crippen molar-refractivity contribution in [3.63, 3.8) is 0 Å². The van der Waals surface area contributed by atoms with Crippen LogP contribution < -0.4 is 15.4 Å². The molecule has 6 rings (SSSR count). The number of nitrogens with zero attached hydrogens (tertiary/aromatic N) is 6. The Morgan fingerprint density at radius 3 is 2.42 bits per heavy atom. The number of Topliss-reactive ketones (excluding diaryl/α,β-unsaturated/α-hetero) is 2. The minimum Gasteiger partial charge on any atom is -0.497 e. The third-order valence-electron chi connectivity index (χ3n) is 11.7. The number of amides is 3. The fraction of sp³-hybridized carbons (Fsp3) is 0.417. The van der Waals surface area contributed by atoms with Gasteiger partial charge in [0.2, 0.25) is 11.9 Å². The van der Waals surface area contributed by atoms with E-state index in [1.807, 2.05) is 88.4 Å². The Hall–Kier alpha value is -6.00. The molecule has 338 valence electrons. The second kappa shape index (κ2) is 20.7. The van der Waals surface area contributed by atoms with E-state index in [-0.39, 0.29) is 49.6 Å². The summed E-state index contributed by atoms with van der Waals surface area (Å²) in [6.45, 7) is 14.4. The quantitative estimate of drug-likeness (QED) is 0.0723. The lowest BCUT2D eigenvalue weighted by atomic mass is 9.67. The molecule has 0 bridgehead atoms. The van der Waals surface area contributed by atoms with Crippen molar-refractivity contribution < 1.29 is 28.7 Å². The molecule has 3 heterocycles. The Morgan fingerprint density at radius 1 is 0.953 bits per heavy atom. The molecule has 15 nitrogen and oxygen atoms in total. The van der Waals surface area contributed by atoms with E-state index in [2.05, 4.69) is 51.7 Å². The van der Waals surface area contributed by atoms with Gasteiger partial charge >= 0.3 is 6.03 Å². The third-order valence-corrected chi connectivity index (χ3v) is 12.5. The predicted molar refractivity (Wildman–Crippen MR) is 252 cm³/mol. The van der Waals surface area contributed by atoms with Gasteiger partial charge in [0, 0.05) is 73.1 Å². The number of benzene rings is 3. The van der Waals surface area contributed by atoms with Crippen LogP contribution in [0.5, 0.6) is 5.75 Å². The highest BCUT2D eigenvalue weighted by atomic mass is 79.9. The highest BCUT2D eigenvalue weighted by molar-refractivity contribution is 9.10. The highest BCUT2D eigenvalue weighted by Gasteiger charge is 2.42. The number of guanidine groups is 1. The number of urea groups is 1. The number of rotatable bonds is 19. The molecular formula is C48H58BrN9O6. The van der Waals surface area contributed by atoms with Gasteiger partial charge in [0.1, 0.15) is 23.2 Å².